The Bertz CT molecular complexity index is 646. The number of hydrogen-bond donors (Lipinski definition) is 1. The molecule has 1 N–H and O–H groups in total. The van der Waals surface area contributed by atoms with Crippen LogP contribution in [0.15, 0.2) is 12.1 Å². The fraction of sp³-hybridized carbons (Fsp3) is 0.357. The third kappa shape index (κ3) is 4.26. The molecule has 1 aromatic rings. The Hall–Kier alpha value is -2.48. The number of rotatable bonds is 5. The predicted octanol–water partition coefficient (Wildman–Crippen LogP) is 0.430. The summed E-state index contributed by atoms with van der Waals surface area (Å²) in [5.41, 5.74) is 0.136. The molecule has 0 saturated carbocycles. The lowest BCUT2D eigenvalue weighted by Crippen LogP contribution is -2.38. The van der Waals surface area contributed by atoms with Gasteiger partial charge in [0.15, 0.2) is 18.1 Å². The largest absolute Gasteiger partial charge is 0.454 e. The number of benzene rings is 1. The second-order valence-electron chi connectivity index (χ2n) is 4.83. The molecule has 8 nitrogen and oxygen atoms in total. The molecular formula is C14H15ClN2O6. The number of hydrogen-bond acceptors (Lipinski definition) is 6. The van der Waals surface area contributed by atoms with Crippen molar-refractivity contribution < 1.29 is 28.6 Å². The van der Waals surface area contributed by atoms with E-state index in [0.717, 1.165) is 0 Å². The summed E-state index contributed by atoms with van der Waals surface area (Å²) in [5.74, 6) is -0.888. The number of amides is 2. The summed E-state index contributed by atoms with van der Waals surface area (Å²) in [6, 6.07) is 2.79. The van der Waals surface area contributed by atoms with Crippen LogP contribution in [0, 0.1) is 0 Å². The van der Waals surface area contributed by atoms with Gasteiger partial charge in [0.1, 0.15) is 0 Å². The van der Waals surface area contributed by atoms with Crippen LogP contribution in [0.3, 0.4) is 0 Å². The van der Waals surface area contributed by atoms with E-state index in [4.69, 9.17) is 25.8 Å². The van der Waals surface area contributed by atoms with E-state index in [-0.39, 0.29) is 29.8 Å². The minimum absolute atomic E-state index is 0.0237. The van der Waals surface area contributed by atoms with Crippen LogP contribution in [0.4, 0.5) is 0 Å². The first-order chi connectivity index (χ1) is 10.9. The maximum atomic E-state index is 11.9. The van der Waals surface area contributed by atoms with E-state index in [1.54, 1.807) is 14.1 Å². The number of ether oxygens (including phenoxy) is 3. The van der Waals surface area contributed by atoms with Crippen molar-refractivity contribution in [2.24, 2.45) is 0 Å². The van der Waals surface area contributed by atoms with E-state index >= 15 is 0 Å². The lowest BCUT2D eigenvalue weighted by molar-refractivity contribution is -0.131. The molecule has 0 radical (unpaired) electrons. The molecule has 2 rings (SSSR count). The van der Waals surface area contributed by atoms with Crippen LogP contribution in [0.25, 0.3) is 0 Å². The monoisotopic (exact) mass is 342 g/mol. The summed E-state index contributed by atoms with van der Waals surface area (Å²) in [4.78, 5) is 36.1. The minimum atomic E-state index is -0.737. The molecule has 124 valence electrons. The fourth-order valence-corrected chi connectivity index (χ4v) is 1.95. The van der Waals surface area contributed by atoms with Gasteiger partial charge in [-0.05, 0) is 12.1 Å². The Morgan fingerprint density at radius 2 is 2.04 bits per heavy atom. The highest BCUT2D eigenvalue weighted by Gasteiger charge is 2.21. The topological polar surface area (TPSA) is 94.2 Å². The zero-order chi connectivity index (χ0) is 17.0. The van der Waals surface area contributed by atoms with E-state index in [2.05, 4.69) is 5.32 Å². The molecule has 2 amide bonds. The lowest BCUT2D eigenvalue weighted by atomic mass is 10.2. The van der Waals surface area contributed by atoms with E-state index < -0.39 is 18.5 Å². The molecule has 23 heavy (non-hydrogen) atoms. The second kappa shape index (κ2) is 7.19. The first kappa shape index (κ1) is 16.9. The van der Waals surface area contributed by atoms with Gasteiger partial charge in [-0.1, -0.05) is 11.6 Å². The first-order valence-electron chi connectivity index (χ1n) is 6.61. The number of fused-ring (bicyclic) bond motifs is 1. The Morgan fingerprint density at radius 1 is 1.30 bits per heavy atom. The molecule has 0 spiro atoms. The highest BCUT2D eigenvalue weighted by atomic mass is 35.5. The highest BCUT2D eigenvalue weighted by molar-refractivity contribution is 6.32. The molecule has 1 heterocycles. The average Bonchev–Trinajstić information content (AvgIpc) is 2.99. The average molecular weight is 343 g/mol. The predicted molar refractivity (Wildman–Crippen MR) is 79.6 cm³/mol. The molecule has 0 bridgehead atoms. The van der Waals surface area contributed by atoms with E-state index in [1.165, 1.54) is 17.0 Å². The number of nitrogens with one attached hydrogen (secondary N) is 1. The van der Waals surface area contributed by atoms with Gasteiger partial charge in [-0.25, -0.2) is 4.79 Å². The molecule has 1 aliphatic heterocycles. The van der Waals surface area contributed by atoms with Crippen molar-refractivity contribution in [3.63, 3.8) is 0 Å². The quantitative estimate of drug-likeness (QED) is 0.780. The van der Waals surface area contributed by atoms with Gasteiger partial charge in [0.05, 0.1) is 17.1 Å². The van der Waals surface area contributed by atoms with Gasteiger partial charge in [-0.2, -0.15) is 0 Å². The van der Waals surface area contributed by atoms with Crippen LogP contribution in [0.5, 0.6) is 11.5 Å². The molecule has 1 aliphatic rings. The first-order valence-corrected chi connectivity index (χ1v) is 6.99. The summed E-state index contributed by atoms with van der Waals surface area (Å²) >= 11 is 5.96. The van der Waals surface area contributed by atoms with E-state index in [1.807, 2.05) is 0 Å². The smallest absolute Gasteiger partial charge is 0.338 e. The molecule has 0 aromatic heterocycles. The van der Waals surface area contributed by atoms with Gasteiger partial charge in [0, 0.05) is 14.1 Å². The lowest BCUT2D eigenvalue weighted by Gasteiger charge is -2.11. The highest BCUT2D eigenvalue weighted by Crippen LogP contribution is 2.39. The van der Waals surface area contributed by atoms with Crippen LogP contribution >= 0.6 is 11.6 Å². The third-order valence-corrected chi connectivity index (χ3v) is 3.21. The summed E-state index contributed by atoms with van der Waals surface area (Å²) in [6.45, 7) is -0.652. The zero-order valence-corrected chi connectivity index (χ0v) is 13.3. The number of carbonyl (C=O) groups excluding carboxylic acids is 3. The van der Waals surface area contributed by atoms with Gasteiger partial charge in [-0.15, -0.1) is 0 Å². The maximum absolute atomic E-state index is 11.9. The van der Waals surface area contributed by atoms with Crippen molar-refractivity contribution in [2.45, 2.75) is 0 Å². The van der Waals surface area contributed by atoms with Gasteiger partial charge >= 0.3 is 5.97 Å². The summed E-state index contributed by atoms with van der Waals surface area (Å²) in [5, 5.41) is 2.56. The van der Waals surface area contributed by atoms with Gasteiger partial charge in [0.25, 0.3) is 5.91 Å². The third-order valence-electron chi connectivity index (χ3n) is 2.93. The van der Waals surface area contributed by atoms with Crippen LogP contribution in [0.2, 0.25) is 5.02 Å². The Morgan fingerprint density at radius 3 is 2.74 bits per heavy atom. The van der Waals surface area contributed by atoms with Crippen molar-refractivity contribution in [1.82, 2.24) is 10.2 Å². The Kier molecular flexibility index (Phi) is 5.28. The second-order valence-corrected chi connectivity index (χ2v) is 5.24. The SMILES string of the molecule is CN(C)C(=O)CNC(=O)COC(=O)c1cc(Cl)c2c(c1)OCO2. The molecule has 1 aromatic carbocycles. The number of halogens is 1. The van der Waals surface area contributed by atoms with Gasteiger partial charge in [0.2, 0.25) is 12.7 Å². The van der Waals surface area contributed by atoms with Gasteiger partial charge in [-0.3, -0.25) is 9.59 Å². The van der Waals surface area contributed by atoms with Crippen molar-refractivity contribution >= 4 is 29.4 Å². The Labute approximate surface area is 137 Å². The normalized spacial score (nSPS) is 11.8. The molecule has 0 atom stereocenters. The number of likely N-dealkylation sites (N-methyl/N-ethyl adjacent to an activating group) is 1. The van der Waals surface area contributed by atoms with E-state index in [9.17, 15) is 14.4 Å². The minimum Gasteiger partial charge on any atom is -0.454 e. The molecule has 0 aliphatic carbocycles. The summed E-state index contributed by atoms with van der Waals surface area (Å²) < 4.78 is 15.1. The van der Waals surface area contributed by atoms with Crippen LogP contribution in [-0.4, -0.2) is 56.7 Å². The van der Waals surface area contributed by atoms with Crippen LogP contribution in [0.1, 0.15) is 10.4 Å². The van der Waals surface area contributed by atoms with Crippen molar-refractivity contribution in [3.05, 3.63) is 22.7 Å². The molecule has 0 fully saturated rings. The molecule has 0 saturated heterocycles. The Balaban J connectivity index is 1.87. The molecule has 0 unspecified atom stereocenters. The van der Waals surface area contributed by atoms with Crippen molar-refractivity contribution in [1.29, 1.82) is 0 Å². The summed E-state index contributed by atoms with van der Waals surface area (Å²) in [7, 11) is 3.13. The molecular weight excluding hydrogens is 328 g/mol. The zero-order valence-electron chi connectivity index (χ0n) is 12.6. The van der Waals surface area contributed by atoms with Gasteiger partial charge < -0.3 is 24.4 Å². The number of nitrogens with zero attached hydrogens (tertiary/aromatic N) is 1. The van der Waals surface area contributed by atoms with Crippen molar-refractivity contribution in [2.75, 3.05) is 34.0 Å². The maximum Gasteiger partial charge on any atom is 0.338 e. The molecule has 9 heteroatoms. The van der Waals surface area contributed by atoms with E-state index in [0.29, 0.717) is 11.5 Å². The standard InChI is InChI=1S/C14H15ClN2O6/c1-17(2)12(19)5-16-11(18)6-21-14(20)8-3-9(15)13-10(4-8)22-7-23-13/h3-4H,5-7H2,1-2H3,(H,16,18). The number of carbonyl (C=O) groups is 3. The van der Waals surface area contributed by atoms with Crippen LogP contribution < -0.4 is 14.8 Å². The van der Waals surface area contributed by atoms with Crippen molar-refractivity contribution in [3.8, 4) is 11.5 Å². The number of esters is 1. The fourth-order valence-electron chi connectivity index (χ4n) is 1.68. The summed E-state index contributed by atoms with van der Waals surface area (Å²) in [6.07, 6.45) is 0. The van der Waals surface area contributed by atoms with Crippen LogP contribution in [-0.2, 0) is 14.3 Å².